The van der Waals surface area contributed by atoms with E-state index in [0.717, 1.165) is 5.56 Å². The van der Waals surface area contributed by atoms with Gasteiger partial charge in [-0.25, -0.2) is 0 Å². The van der Waals surface area contributed by atoms with Crippen LogP contribution in [0.25, 0.3) is 0 Å². The van der Waals surface area contributed by atoms with Crippen molar-refractivity contribution in [1.82, 2.24) is 0 Å². The summed E-state index contributed by atoms with van der Waals surface area (Å²) in [4.78, 5) is 0. The molecule has 0 bridgehead atoms. The smallest absolute Gasteiger partial charge is 0.376 e. The number of allylic oxidation sites excluding steroid dienone is 1. The number of benzene rings is 1. The maximum Gasteiger partial charge on any atom is 0.510 e. The lowest BCUT2D eigenvalue weighted by Gasteiger charge is -2.53. The molecule has 0 aromatic heterocycles. The van der Waals surface area contributed by atoms with Crippen molar-refractivity contribution < 1.29 is 13.3 Å². The Morgan fingerprint density at radius 2 is 1.61 bits per heavy atom. The number of hydrogen-bond donors (Lipinski definition) is 2. The summed E-state index contributed by atoms with van der Waals surface area (Å²) in [5.41, 5.74) is 12.9. The molecule has 0 radical (unpaired) electrons. The normalized spacial score (nSPS) is 16.7. The first kappa shape index (κ1) is 20.0. The fourth-order valence-corrected chi connectivity index (χ4v) is 7.10. The molecule has 1 aromatic rings. The maximum atomic E-state index is 6.48. The number of nitrogens with two attached hydrogens (primary N) is 2. The van der Waals surface area contributed by atoms with Crippen LogP contribution in [-0.4, -0.2) is 35.8 Å². The van der Waals surface area contributed by atoms with Crippen LogP contribution in [0.2, 0.25) is 5.04 Å². The fraction of sp³-hybridized carbons (Fsp3) is 0.529. The van der Waals surface area contributed by atoms with E-state index < -0.39 is 19.5 Å². The first-order valence-electron chi connectivity index (χ1n) is 7.70. The van der Waals surface area contributed by atoms with Gasteiger partial charge in [0.05, 0.1) is 10.7 Å². The highest BCUT2D eigenvalue weighted by molar-refractivity contribution is 6.65. The van der Waals surface area contributed by atoms with Crippen molar-refractivity contribution in [2.24, 2.45) is 11.5 Å². The van der Waals surface area contributed by atoms with Crippen LogP contribution in [0.5, 0.6) is 0 Å². The Bertz CT molecular complexity index is 492. The van der Waals surface area contributed by atoms with E-state index in [4.69, 9.17) is 24.7 Å². The molecule has 5 nitrogen and oxygen atoms in total. The standard InChI is InChI=1S/C17H30N2O3Si/c1-7-15(14-12-10-9-11-13-14)17(8-2,16(3,18)19)23(20-4,21-5)22-6/h7,9-13,15H,1,8,18-19H2,2-6H3. The van der Waals surface area contributed by atoms with Crippen molar-refractivity contribution in [2.75, 3.05) is 21.3 Å². The molecule has 0 spiro atoms. The van der Waals surface area contributed by atoms with E-state index in [1.807, 2.05) is 43.3 Å². The molecular weight excluding hydrogens is 308 g/mol. The molecule has 0 amide bonds. The van der Waals surface area contributed by atoms with Gasteiger partial charge in [-0.05, 0) is 18.9 Å². The summed E-state index contributed by atoms with van der Waals surface area (Å²) in [6.45, 7) is 7.84. The van der Waals surface area contributed by atoms with Crippen LogP contribution in [0, 0.1) is 0 Å². The van der Waals surface area contributed by atoms with Crippen LogP contribution in [0.3, 0.4) is 0 Å². The Morgan fingerprint density at radius 1 is 1.13 bits per heavy atom. The maximum absolute atomic E-state index is 6.48. The zero-order valence-corrected chi connectivity index (χ0v) is 15.8. The molecule has 2 unspecified atom stereocenters. The van der Waals surface area contributed by atoms with Gasteiger partial charge in [0.25, 0.3) is 0 Å². The van der Waals surface area contributed by atoms with Crippen molar-refractivity contribution in [2.45, 2.75) is 36.9 Å². The minimum Gasteiger partial charge on any atom is -0.376 e. The summed E-state index contributed by atoms with van der Waals surface area (Å²) in [6.07, 6.45) is 2.47. The van der Waals surface area contributed by atoms with Crippen LogP contribution < -0.4 is 11.5 Å². The van der Waals surface area contributed by atoms with Gasteiger partial charge in [-0.15, -0.1) is 6.58 Å². The average Bonchev–Trinajstić information content (AvgIpc) is 2.55. The third-order valence-corrected chi connectivity index (χ3v) is 8.71. The van der Waals surface area contributed by atoms with Crippen molar-refractivity contribution in [1.29, 1.82) is 0 Å². The monoisotopic (exact) mass is 338 g/mol. The Hall–Kier alpha value is -1.02. The van der Waals surface area contributed by atoms with Gasteiger partial charge in [0.15, 0.2) is 0 Å². The highest BCUT2D eigenvalue weighted by Gasteiger charge is 2.68. The zero-order valence-electron chi connectivity index (χ0n) is 14.8. The molecule has 0 aliphatic carbocycles. The molecule has 0 aliphatic rings. The van der Waals surface area contributed by atoms with Crippen molar-refractivity contribution in [3.05, 3.63) is 48.6 Å². The lowest BCUT2D eigenvalue weighted by Crippen LogP contribution is -2.71. The predicted molar refractivity (Wildman–Crippen MR) is 95.9 cm³/mol. The molecule has 0 fully saturated rings. The summed E-state index contributed by atoms with van der Waals surface area (Å²) in [5, 5.41) is -0.776. The van der Waals surface area contributed by atoms with E-state index in [0.29, 0.717) is 6.42 Å². The van der Waals surface area contributed by atoms with Crippen molar-refractivity contribution in [3.63, 3.8) is 0 Å². The second-order valence-electron chi connectivity index (χ2n) is 5.90. The first-order valence-corrected chi connectivity index (χ1v) is 9.43. The van der Waals surface area contributed by atoms with Crippen LogP contribution in [0.15, 0.2) is 43.0 Å². The van der Waals surface area contributed by atoms with E-state index in [1.165, 1.54) is 0 Å². The van der Waals surface area contributed by atoms with E-state index in [2.05, 4.69) is 6.58 Å². The first-order chi connectivity index (χ1) is 10.8. The summed E-state index contributed by atoms with van der Waals surface area (Å²) < 4.78 is 17.4. The van der Waals surface area contributed by atoms with E-state index >= 15 is 0 Å². The zero-order chi connectivity index (χ0) is 17.7. The highest BCUT2D eigenvalue weighted by atomic mass is 28.4. The van der Waals surface area contributed by atoms with Crippen LogP contribution >= 0.6 is 0 Å². The van der Waals surface area contributed by atoms with E-state index in [1.54, 1.807) is 28.3 Å². The molecule has 4 N–H and O–H groups in total. The Kier molecular flexibility index (Phi) is 6.70. The molecule has 130 valence electrons. The number of rotatable bonds is 9. The van der Waals surface area contributed by atoms with Gasteiger partial charge in [0.2, 0.25) is 0 Å². The minimum absolute atomic E-state index is 0.180. The second kappa shape index (κ2) is 7.70. The van der Waals surface area contributed by atoms with E-state index in [9.17, 15) is 0 Å². The third-order valence-electron chi connectivity index (χ3n) is 4.80. The molecular formula is C17H30N2O3Si. The Morgan fingerprint density at radius 3 is 1.91 bits per heavy atom. The van der Waals surface area contributed by atoms with Crippen LogP contribution in [-0.2, 0) is 13.3 Å². The lowest BCUT2D eigenvalue weighted by molar-refractivity contribution is 0.0581. The topological polar surface area (TPSA) is 79.7 Å². The molecule has 0 saturated heterocycles. The molecule has 1 rings (SSSR count). The average molecular weight is 339 g/mol. The minimum atomic E-state index is -3.22. The number of hydrogen-bond acceptors (Lipinski definition) is 5. The van der Waals surface area contributed by atoms with Crippen molar-refractivity contribution >= 4 is 8.80 Å². The van der Waals surface area contributed by atoms with Gasteiger partial charge < -0.3 is 24.7 Å². The van der Waals surface area contributed by atoms with Crippen LogP contribution in [0.1, 0.15) is 31.7 Å². The van der Waals surface area contributed by atoms with Gasteiger partial charge in [0, 0.05) is 27.2 Å². The van der Waals surface area contributed by atoms with Gasteiger partial charge >= 0.3 is 8.80 Å². The molecule has 23 heavy (non-hydrogen) atoms. The quantitative estimate of drug-likeness (QED) is 0.411. The second-order valence-corrected chi connectivity index (χ2v) is 9.13. The van der Waals surface area contributed by atoms with E-state index in [-0.39, 0.29) is 5.92 Å². The fourth-order valence-electron chi connectivity index (χ4n) is 3.75. The molecule has 0 saturated carbocycles. The van der Waals surface area contributed by atoms with Crippen molar-refractivity contribution in [3.8, 4) is 0 Å². The lowest BCUT2D eigenvalue weighted by atomic mass is 9.76. The SMILES string of the molecule is C=CC(c1ccccc1)C(CC)(C(C)(N)N)[Si](OC)(OC)OC. The summed E-state index contributed by atoms with van der Waals surface area (Å²) in [6, 6.07) is 9.98. The summed E-state index contributed by atoms with van der Waals surface area (Å²) in [7, 11) is 1.53. The molecule has 0 heterocycles. The molecule has 2 atom stereocenters. The third kappa shape index (κ3) is 3.15. The van der Waals surface area contributed by atoms with Gasteiger partial charge in [-0.3, -0.25) is 0 Å². The molecule has 0 aliphatic heterocycles. The van der Waals surface area contributed by atoms with Gasteiger partial charge in [-0.1, -0.05) is 43.3 Å². The largest absolute Gasteiger partial charge is 0.510 e. The van der Waals surface area contributed by atoms with Crippen LogP contribution in [0.4, 0.5) is 0 Å². The Balaban J connectivity index is 3.72. The molecule has 1 aromatic carbocycles. The summed E-state index contributed by atoms with van der Waals surface area (Å²) in [5.74, 6) is -0.180. The van der Waals surface area contributed by atoms with Gasteiger partial charge in [0.1, 0.15) is 0 Å². The molecule has 6 heteroatoms. The van der Waals surface area contributed by atoms with Gasteiger partial charge in [-0.2, -0.15) is 0 Å². The highest BCUT2D eigenvalue weighted by Crippen LogP contribution is 2.58. The predicted octanol–water partition coefficient (Wildman–Crippen LogP) is 2.62. The Labute approximate surface area is 141 Å². The summed E-state index contributed by atoms with van der Waals surface area (Å²) >= 11 is 0.